The molecule has 0 fully saturated rings. The standard InChI is InChI=1S/C14H14ClN3OS/c15-11-6-9(16)5-10(14(17)19)13(11)18-3-1-12-8(7-18)2-4-20-12/h2,4-6H,1,3,7,16H2,(H2,17,19). The summed E-state index contributed by atoms with van der Waals surface area (Å²) >= 11 is 8.05. The van der Waals surface area contributed by atoms with Crippen LogP contribution in [0, 0.1) is 0 Å². The molecule has 1 aliphatic heterocycles. The number of halogens is 1. The lowest BCUT2D eigenvalue weighted by Crippen LogP contribution is -2.31. The van der Waals surface area contributed by atoms with Crippen molar-refractivity contribution in [2.75, 3.05) is 17.2 Å². The number of nitrogens with two attached hydrogens (primary N) is 2. The molecule has 4 N–H and O–H groups in total. The molecule has 0 spiro atoms. The van der Waals surface area contributed by atoms with Gasteiger partial charge in [-0.25, -0.2) is 0 Å². The lowest BCUT2D eigenvalue weighted by atomic mass is 10.1. The van der Waals surface area contributed by atoms with E-state index < -0.39 is 5.91 Å². The van der Waals surface area contributed by atoms with Crippen molar-refractivity contribution in [3.05, 3.63) is 44.6 Å². The number of primary amides is 1. The van der Waals surface area contributed by atoms with E-state index in [4.69, 9.17) is 23.1 Å². The molecule has 2 heterocycles. The Hall–Kier alpha value is -1.72. The molecule has 20 heavy (non-hydrogen) atoms. The van der Waals surface area contributed by atoms with E-state index in [1.165, 1.54) is 10.4 Å². The third kappa shape index (κ3) is 2.23. The van der Waals surface area contributed by atoms with Crippen LogP contribution in [-0.4, -0.2) is 12.5 Å². The number of nitrogens with zero attached hydrogens (tertiary/aromatic N) is 1. The van der Waals surface area contributed by atoms with Crippen molar-refractivity contribution in [1.29, 1.82) is 0 Å². The summed E-state index contributed by atoms with van der Waals surface area (Å²) in [5, 5.41) is 2.56. The van der Waals surface area contributed by atoms with Gasteiger partial charge in [-0.05, 0) is 35.6 Å². The van der Waals surface area contributed by atoms with Gasteiger partial charge < -0.3 is 16.4 Å². The first-order valence-corrected chi connectivity index (χ1v) is 7.51. The van der Waals surface area contributed by atoms with E-state index in [9.17, 15) is 4.79 Å². The maximum absolute atomic E-state index is 11.6. The molecule has 0 saturated carbocycles. The van der Waals surface area contributed by atoms with Crippen LogP contribution in [0.4, 0.5) is 11.4 Å². The number of rotatable bonds is 2. The zero-order valence-corrected chi connectivity index (χ0v) is 12.3. The van der Waals surface area contributed by atoms with Crippen molar-refractivity contribution in [1.82, 2.24) is 0 Å². The van der Waals surface area contributed by atoms with E-state index in [1.807, 2.05) is 0 Å². The Morgan fingerprint density at radius 2 is 2.20 bits per heavy atom. The Labute approximate surface area is 125 Å². The van der Waals surface area contributed by atoms with Crippen LogP contribution < -0.4 is 16.4 Å². The predicted octanol–water partition coefficient (Wildman–Crippen LogP) is 2.65. The summed E-state index contributed by atoms with van der Waals surface area (Å²) < 4.78 is 0. The number of carbonyl (C=O) groups is 1. The van der Waals surface area contributed by atoms with Crippen molar-refractivity contribution in [3.63, 3.8) is 0 Å². The summed E-state index contributed by atoms with van der Waals surface area (Å²) in [6.45, 7) is 1.56. The zero-order chi connectivity index (χ0) is 14.3. The van der Waals surface area contributed by atoms with Crippen LogP contribution in [0.3, 0.4) is 0 Å². The SMILES string of the molecule is NC(=O)c1cc(N)cc(Cl)c1N1CCc2sccc2C1. The smallest absolute Gasteiger partial charge is 0.250 e. The largest absolute Gasteiger partial charge is 0.399 e. The van der Waals surface area contributed by atoms with Gasteiger partial charge in [-0.15, -0.1) is 11.3 Å². The van der Waals surface area contributed by atoms with Gasteiger partial charge >= 0.3 is 0 Å². The molecule has 0 radical (unpaired) electrons. The highest BCUT2D eigenvalue weighted by molar-refractivity contribution is 7.10. The first kappa shape index (κ1) is 13.3. The number of benzene rings is 1. The van der Waals surface area contributed by atoms with E-state index >= 15 is 0 Å². The molecule has 6 heteroatoms. The second kappa shape index (κ2) is 5.00. The van der Waals surface area contributed by atoms with Gasteiger partial charge in [-0.2, -0.15) is 0 Å². The monoisotopic (exact) mass is 307 g/mol. The first-order chi connectivity index (χ1) is 9.56. The fourth-order valence-corrected chi connectivity index (χ4v) is 3.81. The van der Waals surface area contributed by atoms with Crippen molar-refractivity contribution in [2.45, 2.75) is 13.0 Å². The van der Waals surface area contributed by atoms with Gasteiger partial charge in [-0.3, -0.25) is 4.79 Å². The van der Waals surface area contributed by atoms with Crippen LogP contribution in [-0.2, 0) is 13.0 Å². The molecule has 1 aromatic carbocycles. The maximum atomic E-state index is 11.6. The van der Waals surface area contributed by atoms with E-state index in [0.717, 1.165) is 19.5 Å². The average Bonchev–Trinajstić information content (AvgIpc) is 2.84. The number of nitrogen functional groups attached to an aromatic ring is 1. The van der Waals surface area contributed by atoms with Crippen molar-refractivity contribution >= 4 is 40.2 Å². The highest BCUT2D eigenvalue weighted by Gasteiger charge is 2.23. The lowest BCUT2D eigenvalue weighted by molar-refractivity contribution is 0.100. The molecule has 1 aliphatic rings. The second-order valence-electron chi connectivity index (χ2n) is 4.80. The summed E-state index contributed by atoms with van der Waals surface area (Å²) in [4.78, 5) is 15.1. The average molecular weight is 308 g/mol. The number of fused-ring (bicyclic) bond motifs is 1. The normalized spacial score (nSPS) is 14.2. The molecule has 4 nitrogen and oxygen atoms in total. The number of carbonyl (C=O) groups excluding carboxylic acids is 1. The third-order valence-corrected chi connectivity index (χ3v) is 4.79. The van der Waals surface area contributed by atoms with Crippen LogP contribution in [0.1, 0.15) is 20.8 Å². The van der Waals surface area contributed by atoms with Gasteiger partial charge in [0.2, 0.25) is 0 Å². The van der Waals surface area contributed by atoms with Crippen LogP contribution >= 0.6 is 22.9 Å². The Kier molecular flexibility index (Phi) is 3.31. The number of anilines is 2. The molecule has 1 aromatic heterocycles. The summed E-state index contributed by atoms with van der Waals surface area (Å²) in [5.41, 5.74) is 14.0. The van der Waals surface area contributed by atoms with Gasteiger partial charge in [-0.1, -0.05) is 11.6 Å². The molecular formula is C14H14ClN3OS. The minimum absolute atomic E-state index is 0.383. The van der Waals surface area contributed by atoms with Gasteiger partial charge in [0.05, 0.1) is 16.3 Å². The van der Waals surface area contributed by atoms with E-state index in [0.29, 0.717) is 22.0 Å². The van der Waals surface area contributed by atoms with Gasteiger partial charge in [0.15, 0.2) is 0 Å². The molecule has 0 unspecified atom stereocenters. The highest BCUT2D eigenvalue weighted by atomic mass is 35.5. The Morgan fingerprint density at radius 1 is 1.40 bits per heavy atom. The summed E-state index contributed by atoms with van der Waals surface area (Å²) in [6, 6.07) is 5.36. The van der Waals surface area contributed by atoms with E-state index in [2.05, 4.69) is 16.3 Å². The molecule has 0 bridgehead atoms. The molecule has 0 saturated heterocycles. The molecule has 0 atom stereocenters. The maximum Gasteiger partial charge on any atom is 0.250 e. The van der Waals surface area contributed by atoms with Crippen molar-refractivity contribution in [3.8, 4) is 0 Å². The Balaban J connectivity index is 2.05. The van der Waals surface area contributed by atoms with Crippen molar-refractivity contribution < 1.29 is 4.79 Å². The lowest BCUT2D eigenvalue weighted by Gasteiger charge is -2.31. The molecular weight excluding hydrogens is 294 g/mol. The van der Waals surface area contributed by atoms with Gasteiger partial charge in [0, 0.05) is 23.7 Å². The first-order valence-electron chi connectivity index (χ1n) is 6.25. The Morgan fingerprint density at radius 3 is 2.95 bits per heavy atom. The van der Waals surface area contributed by atoms with Crippen LogP contribution in [0.25, 0.3) is 0 Å². The summed E-state index contributed by atoms with van der Waals surface area (Å²) in [5.74, 6) is -0.509. The van der Waals surface area contributed by atoms with Gasteiger partial charge in [0.25, 0.3) is 5.91 Å². The number of thiophene rings is 1. The topological polar surface area (TPSA) is 72.3 Å². The van der Waals surface area contributed by atoms with Crippen molar-refractivity contribution in [2.24, 2.45) is 5.73 Å². The minimum atomic E-state index is -0.509. The fraction of sp³-hybridized carbons (Fsp3) is 0.214. The predicted molar refractivity (Wildman–Crippen MR) is 83.5 cm³/mol. The summed E-state index contributed by atoms with van der Waals surface area (Å²) in [7, 11) is 0. The van der Waals surface area contributed by atoms with E-state index in [1.54, 1.807) is 23.5 Å². The molecule has 0 aliphatic carbocycles. The van der Waals surface area contributed by atoms with Crippen LogP contribution in [0.5, 0.6) is 0 Å². The molecule has 3 rings (SSSR count). The molecule has 2 aromatic rings. The van der Waals surface area contributed by atoms with E-state index in [-0.39, 0.29) is 0 Å². The van der Waals surface area contributed by atoms with Crippen LogP contribution in [0.2, 0.25) is 5.02 Å². The Bertz CT molecular complexity index is 683. The number of amides is 1. The fourth-order valence-electron chi connectivity index (χ4n) is 2.57. The van der Waals surface area contributed by atoms with Crippen LogP contribution in [0.15, 0.2) is 23.6 Å². The zero-order valence-electron chi connectivity index (χ0n) is 10.7. The quantitative estimate of drug-likeness (QED) is 0.838. The third-order valence-electron chi connectivity index (χ3n) is 3.48. The molecule has 1 amide bonds. The number of hydrogen-bond acceptors (Lipinski definition) is 4. The number of hydrogen-bond donors (Lipinski definition) is 2. The second-order valence-corrected chi connectivity index (χ2v) is 6.21. The van der Waals surface area contributed by atoms with Gasteiger partial charge in [0.1, 0.15) is 0 Å². The highest BCUT2D eigenvalue weighted by Crippen LogP contribution is 2.36. The molecule has 104 valence electrons. The summed E-state index contributed by atoms with van der Waals surface area (Å²) in [6.07, 6.45) is 0.950. The minimum Gasteiger partial charge on any atom is -0.399 e.